The molecule has 2 atom stereocenters. The zero-order valence-corrected chi connectivity index (χ0v) is 10.6. The number of carbonyl (C=O) groups excluding carboxylic acids is 1. The summed E-state index contributed by atoms with van der Waals surface area (Å²) in [5, 5.41) is 0. The third kappa shape index (κ3) is 7.40. The van der Waals surface area contributed by atoms with Gasteiger partial charge >= 0.3 is 0 Å². The Morgan fingerprint density at radius 1 is 1.07 bits per heavy atom. The quantitative estimate of drug-likeness (QED) is 0.585. The highest BCUT2D eigenvalue weighted by Gasteiger charge is 2.16. The first-order chi connectivity index (χ1) is 7.09. The number of amides is 1. The molecule has 0 spiro atoms. The van der Waals surface area contributed by atoms with Gasteiger partial charge in [-0.3, -0.25) is 4.79 Å². The van der Waals surface area contributed by atoms with E-state index in [0.29, 0.717) is 5.92 Å². The van der Waals surface area contributed by atoms with Crippen molar-refractivity contribution in [1.82, 2.24) is 0 Å². The summed E-state index contributed by atoms with van der Waals surface area (Å²) in [6.07, 6.45) is 9.03. The molecule has 90 valence electrons. The highest BCUT2D eigenvalue weighted by molar-refractivity contribution is 5.76. The van der Waals surface area contributed by atoms with Crippen molar-refractivity contribution in [1.29, 1.82) is 0 Å². The predicted octanol–water partition coefficient (Wildman–Crippen LogP) is 3.49. The van der Waals surface area contributed by atoms with Crippen LogP contribution in [0.5, 0.6) is 0 Å². The lowest BCUT2D eigenvalue weighted by atomic mass is 9.90. The molecule has 0 aromatic carbocycles. The number of rotatable bonds is 9. The smallest absolute Gasteiger partial charge is 0.220 e. The van der Waals surface area contributed by atoms with Crippen molar-refractivity contribution in [2.24, 2.45) is 17.6 Å². The second kappa shape index (κ2) is 8.75. The van der Waals surface area contributed by atoms with E-state index in [4.69, 9.17) is 5.73 Å². The van der Waals surface area contributed by atoms with E-state index in [0.717, 1.165) is 6.42 Å². The fourth-order valence-electron chi connectivity index (χ4n) is 1.78. The van der Waals surface area contributed by atoms with Crippen LogP contribution in [-0.2, 0) is 4.79 Å². The van der Waals surface area contributed by atoms with Gasteiger partial charge in [-0.15, -0.1) is 0 Å². The Bertz CT molecular complexity index is 168. The number of hydrogen-bond donors (Lipinski definition) is 1. The molecule has 0 aromatic heterocycles. The summed E-state index contributed by atoms with van der Waals surface area (Å²) in [7, 11) is 0. The molecule has 0 saturated heterocycles. The van der Waals surface area contributed by atoms with Gasteiger partial charge in [-0.05, 0) is 12.3 Å². The Morgan fingerprint density at radius 3 is 2.13 bits per heavy atom. The van der Waals surface area contributed by atoms with Crippen molar-refractivity contribution in [3.05, 3.63) is 0 Å². The zero-order valence-electron chi connectivity index (χ0n) is 10.6. The molecule has 0 fully saturated rings. The molecule has 2 heteroatoms. The topological polar surface area (TPSA) is 43.1 Å². The Hall–Kier alpha value is -0.530. The molecule has 0 bridgehead atoms. The highest BCUT2D eigenvalue weighted by Crippen LogP contribution is 2.18. The van der Waals surface area contributed by atoms with Crippen LogP contribution in [0.15, 0.2) is 0 Å². The van der Waals surface area contributed by atoms with Crippen molar-refractivity contribution < 1.29 is 4.79 Å². The fourth-order valence-corrected chi connectivity index (χ4v) is 1.78. The van der Waals surface area contributed by atoms with Gasteiger partial charge in [0, 0.05) is 5.92 Å². The van der Waals surface area contributed by atoms with Gasteiger partial charge < -0.3 is 5.73 Å². The van der Waals surface area contributed by atoms with E-state index in [9.17, 15) is 4.79 Å². The van der Waals surface area contributed by atoms with Crippen LogP contribution in [0.3, 0.4) is 0 Å². The standard InChI is InChI=1S/C13H27NO/c1-4-5-6-7-8-9-10-11(2)12(3)13(14)15/h11-12H,4-10H2,1-3H3,(H2,14,15). The van der Waals surface area contributed by atoms with Gasteiger partial charge in [-0.25, -0.2) is 0 Å². The summed E-state index contributed by atoms with van der Waals surface area (Å²) in [4.78, 5) is 10.9. The summed E-state index contributed by atoms with van der Waals surface area (Å²) in [5.41, 5.74) is 5.27. The Kier molecular flexibility index (Phi) is 8.44. The maximum absolute atomic E-state index is 10.9. The van der Waals surface area contributed by atoms with Crippen molar-refractivity contribution in [3.8, 4) is 0 Å². The Morgan fingerprint density at radius 2 is 1.60 bits per heavy atom. The van der Waals surface area contributed by atoms with E-state index < -0.39 is 0 Å². The zero-order chi connectivity index (χ0) is 11.7. The van der Waals surface area contributed by atoms with Crippen LogP contribution in [-0.4, -0.2) is 5.91 Å². The van der Waals surface area contributed by atoms with Crippen molar-refractivity contribution >= 4 is 5.91 Å². The Balaban J connectivity index is 3.38. The molecule has 2 nitrogen and oxygen atoms in total. The van der Waals surface area contributed by atoms with E-state index in [2.05, 4.69) is 13.8 Å². The van der Waals surface area contributed by atoms with Crippen LogP contribution >= 0.6 is 0 Å². The number of primary amides is 1. The van der Waals surface area contributed by atoms with Gasteiger partial charge in [0.1, 0.15) is 0 Å². The first-order valence-electron chi connectivity index (χ1n) is 6.38. The van der Waals surface area contributed by atoms with Crippen molar-refractivity contribution in [2.45, 2.75) is 65.7 Å². The molecule has 2 N–H and O–H groups in total. The minimum absolute atomic E-state index is 0.0284. The monoisotopic (exact) mass is 213 g/mol. The van der Waals surface area contributed by atoms with Crippen LogP contribution < -0.4 is 5.73 Å². The normalized spacial score (nSPS) is 14.9. The molecule has 0 rings (SSSR count). The largest absolute Gasteiger partial charge is 0.369 e. The van der Waals surface area contributed by atoms with Crippen LogP contribution in [0.25, 0.3) is 0 Å². The number of unbranched alkanes of at least 4 members (excludes halogenated alkanes) is 5. The molecule has 0 aromatic rings. The van der Waals surface area contributed by atoms with Crippen molar-refractivity contribution in [2.75, 3.05) is 0 Å². The lowest BCUT2D eigenvalue weighted by Crippen LogP contribution is -2.26. The fraction of sp³-hybridized carbons (Fsp3) is 0.923. The second-order valence-corrected chi connectivity index (χ2v) is 4.72. The molecule has 2 unspecified atom stereocenters. The lowest BCUT2D eigenvalue weighted by molar-refractivity contribution is -0.122. The third-order valence-corrected chi connectivity index (χ3v) is 3.32. The lowest BCUT2D eigenvalue weighted by Gasteiger charge is -2.16. The van der Waals surface area contributed by atoms with Crippen LogP contribution in [0.2, 0.25) is 0 Å². The third-order valence-electron chi connectivity index (χ3n) is 3.32. The Labute approximate surface area is 94.6 Å². The van der Waals surface area contributed by atoms with Crippen LogP contribution in [0, 0.1) is 11.8 Å². The maximum atomic E-state index is 10.9. The van der Waals surface area contributed by atoms with Gasteiger partial charge in [-0.1, -0.05) is 59.3 Å². The average Bonchev–Trinajstić information content (AvgIpc) is 2.21. The number of carbonyl (C=O) groups is 1. The van der Waals surface area contributed by atoms with E-state index in [1.165, 1.54) is 38.5 Å². The first kappa shape index (κ1) is 14.5. The minimum atomic E-state index is -0.159. The summed E-state index contributed by atoms with van der Waals surface area (Å²) in [6.45, 7) is 6.29. The van der Waals surface area contributed by atoms with E-state index in [1.54, 1.807) is 0 Å². The first-order valence-corrected chi connectivity index (χ1v) is 6.38. The number of nitrogens with two attached hydrogens (primary N) is 1. The SMILES string of the molecule is CCCCCCCCC(C)C(C)C(N)=O. The second-order valence-electron chi connectivity index (χ2n) is 4.72. The van der Waals surface area contributed by atoms with Gasteiger partial charge in [0.2, 0.25) is 5.91 Å². The van der Waals surface area contributed by atoms with Gasteiger partial charge in [0.15, 0.2) is 0 Å². The van der Waals surface area contributed by atoms with Crippen LogP contribution in [0.4, 0.5) is 0 Å². The molecule has 15 heavy (non-hydrogen) atoms. The average molecular weight is 213 g/mol. The molecule has 1 amide bonds. The molecule has 0 radical (unpaired) electrons. The molecule has 0 heterocycles. The highest BCUT2D eigenvalue weighted by atomic mass is 16.1. The summed E-state index contributed by atoms with van der Waals surface area (Å²) < 4.78 is 0. The van der Waals surface area contributed by atoms with E-state index in [-0.39, 0.29) is 11.8 Å². The summed E-state index contributed by atoms with van der Waals surface area (Å²) in [6, 6.07) is 0. The number of hydrogen-bond acceptors (Lipinski definition) is 1. The van der Waals surface area contributed by atoms with Gasteiger partial charge in [-0.2, -0.15) is 0 Å². The van der Waals surface area contributed by atoms with E-state index >= 15 is 0 Å². The summed E-state index contributed by atoms with van der Waals surface area (Å²) >= 11 is 0. The maximum Gasteiger partial charge on any atom is 0.220 e. The molecular formula is C13H27NO. The molecular weight excluding hydrogens is 186 g/mol. The van der Waals surface area contributed by atoms with Crippen LogP contribution in [0.1, 0.15) is 65.7 Å². The van der Waals surface area contributed by atoms with Gasteiger partial charge in [0.05, 0.1) is 0 Å². The van der Waals surface area contributed by atoms with Crippen molar-refractivity contribution in [3.63, 3.8) is 0 Å². The molecule has 0 aliphatic heterocycles. The molecule has 0 saturated carbocycles. The van der Waals surface area contributed by atoms with E-state index in [1.807, 2.05) is 6.92 Å². The molecule has 0 aliphatic carbocycles. The molecule has 0 aliphatic rings. The predicted molar refractivity (Wildman–Crippen MR) is 65.5 cm³/mol. The summed E-state index contributed by atoms with van der Waals surface area (Å²) in [5.74, 6) is 0.308. The van der Waals surface area contributed by atoms with Gasteiger partial charge in [0.25, 0.3) is 0 Å². The minimum Gasteiger partial charge on any atom is -0.369 e.